The maximum atomic E-state index is 13.1. The van der Waals surface area contributed by atoms with Gasteiger partial charge in [-0.25, -0.2) is 13.9 Å². The Morgan fingerprint density at radius 2 is 1.59 bits per heavy atom. The molecule has 0 atom stereocenters. The number of hydrogen-bond donors (Lipinski definition) is 2. The molecule has 9 heteroatoms. The van der Waals surface area contributed by atoms with E-state index in [1.165, 1.54) is 24.3 Å². The predicted octanol–water partition coefficient (Wildman–Crippen LogP) is 7.71. The highest BCUT2D eigenvalue weighted by atomic mass is 19.1. The molecular formula is C37H42FN5O3. The molecule has 2 heterocycles. The molecule has 1 aromatic heterocycles. The van der Waals surface area contributed by atoms with E-state index in [0.29, 0.717) is 36.1 Å². The SMILES string of the molecule is Cc1ccc(-n2nc(C(C)(C)C)cc2NC(=O)Nc2cccc(CC3CCN(C(=O)CCC(=O)c4ccc(F)cc4)CC3)c2)cc1. The number of halogens is 1. The number of rotatable bonds is 9. The summed E-state index contributed by atoms with van der Waals surface area (Å²) in [7, 11) is 0. The number of aryl methyl sites for hydroxylation is 1. The summed E-state index contributed by atoms with van der Waals surface area (Å²) in [5.74, 6) is 0.427. The van der Waals surface area contributed by atoms with Crippen LogP contribution >= 0.6 is 0 Å². The topological polar surface area (TPSA) is 96.3 Å². The van der Waals surface area contributed by atoms with Crippen LogP contribution in [-0.2, 0) is 16.6 Å². The highest BCUT2D eigenvalue weighted by Gasteiger charge is 2.24. The highest BCUT2D eigenvalue weighted by Crippen LogP contribution is 2.27. The van der Waals surface area contributed by atoms with Gasteiger partial charge in [-0.15, -0.1) is 0 Å². The molecular weight excluding hydrogens is 581 g/mol. The molecule has 240 valence electrons. The van der Waals surface area contributed by atoms with Crippen LogP contribution in [0.2, 0.25) is 0 Å². The Hall–Kier alpha value is -4.79. The van der Waals surface area contributed by atoms with Gasteiger partial charge in [-0.3, -0.25) is 14.9 Å². The molecule has 0 unspecified atom stereocenters. The van der Waals surface area contributed by atoms with Crippen LogP contribution in [0, 0.1) is 18.7 Å². The standard InChI is InChI=1S/C37H42FN5O3/c1-25-8-14-31(15-9-25)43-34(24-33(41-43)37(2,3)4)40-36(46)39-30-7-5-6-27(23-30)22-26-18-20-42(21-19-26)35(45)17-16-32(44)28-10-12-29(38)13-11-28/h5-15,23-24,26H,16-22H2,1-4H3,(H2,39,40,46). The Bertz CT molecular complexity index is 1680. The number of ketones is 1. The highest BCUT2D eigenvalue weighted by molar-refractivity contribution is 5.99. The van der Waals surface area contributed by atoms with Gasteiger partial charge in [0.2, 0.25) is 5.91 Å². The van der Waals surface area contributed by atoms with Gasteiger partial charge in [-0.1, -0.05) is 50.6 Å². The second-order valence-corrected chi connectivity index (χ2v) is 13.2. The van der Waals surface area contributed by atoms with Gasteiger partial charge in [0.25, 0.3) is 0 Å². The molecule has 46 heavy (non-hydrogen) atoms. The minimum absolute atomic E-state index is 0.0236. The summed E-state index contributed by atoms with van der Waals surface area (Å²) < 4.78 is 14.9. The first-order chi connectivity index (χ1) is 21.9. The Kier molecular flexibility index (Phi) is 9.99. The fourth-order valence-electron chi connectivity index (χ4n) is 5.65. The Morgan fingerprint density at radius 1 is 0.891 bits per heavy atom. The zero-order chi connectivity index (χ0) is 32.8. The molecule has 0 bridgehead atoms. The van der Waals surface area contributed by atoms with Crippen molar-refractivity contribution in [3.05, 3.63) is 107 Å². The molecule has 1 aliphatic rings. The van der Waals surface area contributed by atoms with E-state index in [1.807, 2.05) is 60.4 Å². The average molecular weight is 624 g/mol. The molecule has 1 aliphatic heterocycles. The van der Waals surface area contributed by atoms with Crippen molar-refractivity contribution in [2.75, 3.05) is 23.7 Å². The summed E-state index contributed by atoms with van der Waals surface area (Å²) in [6.45, 7) is 9.60. The normalized spacial score (nSPS) is 13.8. The number of Topliss-reactive ketones (excluding diaryl/α,β-unsaturated/α-hetero) is 1. The molecule has 0 aliphatic carbocycles. The lowest BCUT2D eigenvalue weighted by Crippen LogP contribution is -2.39. The summed E-state index contributed by atoms with van der Waals surface area (Å²) in [5, 5.41) is 10.8. The second kappa shape index (κ2) is 14.1. The van der Waals surface area contributed by atoms with E-state index in [0.717, 1.165) is 41.8 Å². The Labute approximate surface area is 270 Å². The monoisotopic (exact) mass is 623 g/mol. The molecule has 3 aromatic carbocycles. The van der Waals surface area contributed by atoms with Crippen molar-refractivity contribution in [1.82, 2.24) is 14.7 Å². The molecule has 4 aromatic rings. The number of carbonyl (C=O) groups excluding carboxylic acids is 3. The maximum absolute atomic E-state index is 13.1. The van der Waals surface area contributed by atoms with Gasteiger partial charge in [0.15, 0.2) is 5.78 Å². The molecule has 1 saturated heterocycles. The van der Waals surface area contributed by atoms with Gasteiger partial charge in [0.1, 0.15) is 11.6 Å². The third-order valence-electron chi connectivity index (χ3n) is 8.41. The van der Waals surface area contributed by atoms with Crippen molar-refractivity contribution in [3.8, 4) is 5.69 Å². The van der Waals surface area contributed by atoms with Gasteiger partial charge in [-0.2, -0.15) is 5.10 Å². The third-order valence-corrected chi connectivity index (χ3v) is 8.41. The van der Waals surface area contributed by atoms with Crippen LogP contribution in [0.4, 0.5) is 20.7 Å². The molecule has 2 N–H and O–H groups in total. The number of urea groups is 1. The molecule has 0 saturated carbocycles. The number of nitrogens with zero attached hydrogens (tertiary/aromatic N) is 3. The van der Waals surface area contributed by atoms with E-state index in [2.05, 4.69) is 37.5 Å². The van der Waals surface area contributed by atoms with Gasteiger partial charge in [0, 0.05) is 48.7 Å². The van der Waals surface area contributed by atoms with Crippen LogP contribution in [0.5, 0.6) is 0 Å². The number of aromatic nitrogens is 2. The average Bonchev–Trinajstić information content (AvgIpc) is 3.45. The van der Waals surface area contributed by atoms with Crippen LogP contribution in [0.15, 0.2) is 78.9 Å². The van der Waals surface area contributed by atoms with E-state index >= 15 is 0 Å². The first kappa shape index (κ1) is 32.6. The number of amides is 3. The summed E-state index contributed by atoms with van der Waals surface area (Å²) in [5.41, 5.74) is 4.93. The summed E-state index contributed by atoms with van der Waals surface area (Å²) in [6, 6.07) is 22.9. The van der Waals surface area contributed by atoms with E-state index in [1.54, 1.807) is 4.68 Å². The van der Waals surface area contributed by atoms with Crippen molar-refractivity contribution in [2.24, 2.45) is 5.92 Å². The number of anilines is 2. The van der Waals surface area contributed by atoms with Crippen molar-refractivity contribution >= 4 is 29.2 Å². The number of likely N-dealkylation sites (tertiary alicyclic amines) is 1. The maximum Gasteiger partial charge on any atom is 0.324 e. The number of benzene rings is 3. The summed E-state index contributed by atoms with van der Waals surface area (Å²) >= 11 is 0. The number of hydrogen-bond acceptors (Lipinski definition) is 4. The minimum Gasteiger partial charge on any atom is -0.343 e. The lowest BCUT2D eigenvalue weighted by molar-refractivity contribution is -0.132. The van der Waals surface area contributed by atoms with Gasteiger partial charge < -0.3 is 10.2 Å². The summed E-state index contributed by atoms with van der Waals surface area (Å²) in [4.78, 5) is 40.1. The first-order valence-electron chi connectivity index (χ1n) is 15.9. The van der Waals surface area contributed by atoms with Crippen LogP contribution in [-0.4, -0.2) is 45.5 Å². The van der Waals surface area contributed by atoms with E-state index in [9.17, 15) is 18.8 Å². The molecule has 0 spiro atoms. The van der Waals surface area contributed by atoms with Gasteiger partial charge in [0.05, 0.1) is 11.4 Å². The molecule has 8 nitrogen and oxygen atoms in total. The molecule has 0 radical (unpaired) electrons. The van der Waals surface area contributed by atoms with Gasteiger partial charge in [-0.05, 0) is 86.2 Å². The Morgan fingerprint density at radius 3 is 2.26 bits per heavy atom. The number of nitrogens with one attached hydrogen (secondary N) is 2. The van der Waals surface area contributed by atoms with E-state index in [4.69, 9.17) is 5.10 Å². The fraction of sp³-hybridized carbons (Fsp3) is 0.351. The van der Waals surface area contributed by atoms with Crippen molar-refractivity contribution < 1.29 is 18.8 Å². The Balaban J connectivity index is 1.13. The molecule has 5 rings (SSSR count). The van der Waals surface area contributed by atoms with Gasteiger partial charge >= 0.3 is 6.03 Å². The first-order valence-corrected chi connectivity index (χ1v) is 15.9. The lowest BCUT2D eigenvalue weighted by Gasteiger charge is -2.32. The van der Waals surface area contributed by atoms with Crippen LogP contribution < -0.4 is 10.6 Å². The second-order valence-electron chi connectivity index (χ2n) is 13.2. The van der Waals surface area contributed by atoms with Crippen LogP contribution in [0.25, 0.3) is 5.69 Å². The van der Waals surface area contributed by atoms with Crippen LogP contribution in [0.3, 0.4) is 0 Å². The smallest absolute Gasteiger partial charge is 0.324 e. The fourth-order valence-corrected chi connectivity index (χ4v) is 5.65. The third kappa shape index (κ3) is 8.47. The zero-order valence-electron chi connectivity index (χ0n) is 27.0. The quantitative estimate of drug-likeness (QED) is 0.187. The zero-order valence-corrected chi connectivity index (χ0v) is 27.0. The predicted molar refractivity (Wildman–Crippen MR) is 179 cm³/mol. The summed E-state index contributed by atoms with van der Waals surface area (Å²) in [6.07, 6.45) is 2.85. The minimum atomic E-state index is -0.392. The molecule has 3 amide bonds. The van der Waals surface area contributed by atoms with Crippen molar-refractivity contribution in [3.63, 3.8) is 0 Å². The number of piperidine rings is 1. The van der Waals surface area contributed by atoms with E-state index < -0.39 is 5.82 Å². The lowest BCUT2D eigenvalue weighted by atomic mass is 9.90. The molecule has 1 fully saturated rings. The van der Waals surface area contributed by atoms with E-state index in [-0.39, 0.29) is 36.0 Å². The van der Waals surface area contributed by atoms with Crippen molar-refractivity contribution in [1.29, 1.82) is 0 Å². The van der Waals surface area contributed by atoms with Crippen molar-refractivity contribution in [2.45, 2.75) is 65.2 Å². The largest absolute Gasteiger partial charge is 0.343 e. The number of carbonyl (C=O) groups is 3. The van der Waals surface area contributed by atoms with Crippen LogP contribution in [0.1, 0.15) is 73.6 Å².